The molecule has 0 spiro atoms. The predicted octanol–water partition coefficient (Wildman–Crippen LogP) is 1.77. The second kappa shape index (κ2) is 8.13. The molecule has 0 unspecified atom stereocenters. The summed E-state index contributed by atoms with van der Waals surface area (Å²) >= 11 is 0. The van der Waals surface area contributed by atoms with E-state index in [1.165, 1.54) is 17.0 Å². The first kappa shape index (κ1) is 18.2. The van der Waals surface area contributed by atoms with Gasteiger partial charge < -0.3 is 15.0 Å². The molecule has 2 N–H and O–H groups in total. The van der Waals surface area contributed by atoms with Gasteiger partial charge in [-0.05, 0) is 18.2 Å². The average molecular weight is 341 g/mol. The minimum atomic E-state index is -0.508. The summed E-state index contributed by atoms with van der Waals surface area (Å²) < 4.78 is 5.45. The average Bonchev–Trinajstić information content (AvgIpc) is 2.61. The van der Waals surface area contributed by atoms with Crippen molar-refractivity contribution in [1.29, 1.82) is 5.26 Å². The standard InChI is InChI=1S/C18H20N4O3/c1-21(2)17(15-6-4-5-7-18(15)25-3)12-20-16-9-8-14(22(23)24)10-13(16)11-19/h4-10,17,20H,12H2,1-3H3/p+1/t17-/m1/s1. The van der Waals surface area contributed by atoms with Crippen molar-refractivity contribution >= 4 is 11.4 Å². The number of para-hydroxylation sites is 1. The second-order valence-electron chi connectivity index (χ2n) is 5.85. The largest absolute Gasteiger partial charge is 0.496 e. The fourth-order valence-corrected chi connectivity index (χ4v) is 2.68. The van der Waals surface area contributed by atoms with Gasteiger partial charge in [0.05, 0.1) is 49.5 Å². The van der Waals surface area contributed by atoms with Gasteiger partial charge in [0.15, 0.2) is 0 Å². The Morgan fingerprint density at radius 2 is 2.04 bits per heavy atom. The van der Waals surface area contributed by atoms with E-state index in [4.69, 9.17) is 4.74 Å². The van der Waals surface area contributed by atoms with Crippen molar-refractivity contribution in [3.8, 4) is 11.8 Å². The number of nitrogens with one attached hydrogen (secondary N) is 2. The monoisotopic (exact) mass is 341 g/mol. The van der Waals surface area contributed by atoms with Crippen LogP contribution in [0.2, 0.25) is 0 Å². The van der Waals surface area contributed by atoms with E-state index in [-0.39, 0.29) is 17.3 Å². The molecule has 0 saturated carbocycles. The van der Waals surface area contributed by atoms with E-state index in [9.17, 15) is 15.4 Å². The Kier molecular flexibility index (Phi) is 5.93. The molecule has 0 amide bonds. The lowest BCUT2D eigenvalue weighted by Crippen LogP contribution is -3.06. The van der Waals surface area contributed by atoms with Crippen molar-refractivity contribution in [3.05, 3.63) is 63.7 Å². The van der Waals surface area contributed by atoms with Gasteiger partial charge >= 0.3 is 0 Å². The highest BCUT2D eigenvalue weighted by molar-refractivity contribution is 5.61. The van der Waals surface area contributed by atoms with E-state index >= 15 is 0 Å². The SMILES string of the molecule is COc1ccccc1[C@@H](CNc1ccc([N+](=O)[O-])cc1C#N)[NH+](C)C. The Morgan fingerprint density at radius 1 is 1.32 bits per heavy atom. The Labute approximate surface area is 146 Å². The number of methoxy groups -OCH3 is 1. The van der Waals surface area contributed by atoms with E-state index in [2.05, 4.69) is 5.32 Å². The molecule has 0 fully saturated rings. The maximum atomic E-state index is 10.8. The summed E-state index contributed by atoms with van der Waals surface area (Å²) in [5, 5.41) is 23.4. The zero-order valence-corrected chi connectivity index (χ0v) is 14.4. The Hall–Kier alpha value is -3.11. The minimum Gasteiger partial charge on any atom is -0.496 e. The third kappa shape index (κ3) is 4.25. The Bertz CT molecular complexity index is 799. The number of nitro groups is 1. The maximum absolute atomic E-state index is 10.8. The van der Waals surface area contributed by atoms with E-state index in [1.807, 2.05) is 44.4 Å². The minimum absolute atomic E-state index is 0.0814. The molecule has 2 rings (SSSR count). The van der Waals surface area contributed by atoms with Gasteiger partial charge in [0.2, 0.25) is 0 Å². The molecule has 0 aliphatic heterocycles. The van der Waals surface area contributed by atoms with Crippen molar-refractivity contribution in [1.82, 2.24) is 0 Å². The van der Waals surface area contributed by atoms with Crippen LogP contribution in [0.4, 0.5) is 11.4 Å². The molecule has 0 aliphatic carbocycles. The van der Waals surface area contributed by atoms with Crippen LogP contribution < -0.4 is 15.0 Å². The molecule has 130 valence electrons. The molecular formula is C18H21N4O3+. The summed E-state index contributed by atoms with van der Waals surface area (Å²) in [6.07, 6.45) is 0. The zero-order valence-electron chi connectivity index (χ0n) is 14.4. The third-order valence-electron chi connectivity index (χ3n) is 4.04. The molecule has 0 heterocycles. The number of nitriles is 1. The number of hydrogen-bond donors (Lipinski definition) is 2. The highest BCUT2D eigenvalue weighted by Gasteiger charge is 2.22. The van der Waals surface area contributed by atoms with Gasteiger partial charge in [-0.2, -0.15) is 5.26 Å². The van der Waals surface area contributed by atoms with Crippen LogP contribution in [0.5, 0.6) is 5.75 Å². The molecule has 7 heteroatoms. The van der Waals surface area contributed by atoms with Crippen LogP contribution in [-0.2, 0) is 0 Å². The lowest BCUT2D eigenvalue weighted by molar-refractivity contribution is -0.890. The third-order valence-corrected chi connectivity index (χ3v) is 4.04. The number of nitrogens with zero attached hydrogens (tertiary/aromatic N) is 2. The summed E-state index contributed by atoms with van der Waals surface area (Å²) in [7, 11) is 5.72. The van der Waals surface area contributed by atoms with Crippen LogP contribution in [-0.4, -0.2) is 32.7 Å². The van der Waals surface area contributed by atoms with Crippen LogP contribution in [0, 0.1) is 21.4 Å². The number of non-ortho nitro benzene ring substituents is 1. The Morgan fingerprint density at radius 3 is 2.64 bits per heavy atom. The van der Waals surface area contributed by atoms with Gasteiger partial charge in [0, 0.05) is 12.1 Å². The first-order valence-corrected chi connectivity index (χ1v) is 7.83. The summed E-state index contributed by atoms with van der Waals surface area (Å²) in [4.78, 5) is 11.5. The molecule has 2 aromatic carbocycles. The molecule has 0 aromatic heterocycles. The maximum Gasteiger partial charge on any atom is 0.270 e. The van der Waals surface area contributed by atoms with E-state index in [0.29, 0.717) is 12.2 Å². The molecule has 2 aromatic rings. The number of likely N-dealkylation sites (N-methyl/N-ethyl adjacent to an activating group) is 1. The normalized spacial score (nSPS) is 11.6. The number of anilines is 1. The number of benzene rings is 2. The highest BCUT2D eigenvalue weighted by Crippen LogP contribution is 2.25. The first-order valence-electron chi connectivity index (χ1n) is 7.83. The number of quaternary nitrogens is 1. The van der Waals surface area contributed by atoms with E-state index < -0.39 is 4.92 Å². The molecule has 25 heavy (non-hydrogen) atoms. The summed E-state index contributed by atoms with van der Waals surface area (Å²) in [5.74, 6) is 0.805. The molecule has 7 nitrogen and oxygen atoms in total. The number of rotatable bonds is 7. The van der Waals surface area contributed by atoms with Gasteiger partial charge in [0.25, 0.3) is 5.69 Å². The van der Waals surface area contributed by atoms with Crippen molar-refractivity contribution in [2.24, 2.45) is 0 Å². The number of nitro benzene ring substituents is 1. The van der Waals surface area contributed by atoms with Crippen LogP contribution in [0.3, 0.4) is 0 Å². The second-order valence-corrected chi connectivity index (χ2v) is 5.85. The Balaban J connectivity index is 2.25. The van der Waals surface area contributed by atoms with Crippen molar-refractivity contribution < 1.29 is 14.6 Å². The van der Waals surface area contributed by atoms with E-state index in [0.717, 1.165) is 11.3 Å². The lowest BCUT2D eigenvalue weighted by atomic mass is 10.0. The number of hydrogen-bond acceptors (Lipinski definition) is 5. The van der Waals surface area contributed by atoms with Crippen molar-refractivity contribution in [2.45, 2.75) is 6.04 Å². The zero-order chi connectivity index (χ0) is 18.4. The molecule has 0 saturated heterocycles. The smallest absolute Gasteiger partial charge is 0.270 e. The molecule has 0 bridgehead atoms. The quantitative estimate of drug-likeness (QED) is 0.591. The summed E-state index contributed by atoms with van der Waals surface area (Å²) in [6.45, 7) is 0.551. The highest BCUT2D eigenvalue weighted by atomic mass is 16.6. The molecule has 1 atom stereocenters. The molecule has 0 radical (unpaired) electrons. The summed E-state index contributed by atoms with van der Waals surface area (Å²) in [5.41, 5.74) is 1.79. The fourth-order valence-electron chi connectivity index (χ4n) is 2.68. The van der Waals surface area contributed by atoms with Gasteiger partial charge in [-0.1, -0.05) is 12.1 Å². The van der Waals surface area contributed by atoms with Crippen LogP contribution in [0.15, 0.2) is 42.5 Å². The molecular weight excluding hydrogens is 320 g/mol. The van der Waals surface area contributed by atoms with Gasteiger partial charge in [-0.15, -0.1) is 0 Å². The molecule has 0 aliphatic rings. The number of ether oxygens (including phenoxy) is 1. The predicted molar refractivity (Wildman–Crippen MR) is 94.8 cm³/mol. The van der Waals surface area contributed by atoms with Crippen LogP contribution in [0.25, 0.3) is 0 Å². The van der Waals surface area contributed by atoms with Gasteiger partial charge in [0.1, 0.15) is 17.9 Å². The van der Waals surface area contributed by atoms with Gasteiger partial charge in [-0.3, -0.25) is 10.1 Å². The van der Waals surface area contributed by atoms with E-state index in [1.54, 1.807) is 13.2 Å². The first-order chi connectivity index (χ1) is 12.0. The van der Waals surface area contributed by atoms with Crippen molar-refractivity contribution in [3.63, 3.8) is 0 Å². The van der Waals surface area contributed by atoms with Gasteiger partial charge in [-0.25, -0.2) is 0 Å². The van der Waals surface area contributed by atoms with Crippen molar-refractivity contribution in [2.75, 3.05) is 33.1 Å². The lowest BCUT2D eigenvalue weighted by Gasteiger charge is -2.24. The fraction of sp³-hybridized carbons (Fsp3) is 0.278. The van der Waals surface area contributed by atoms with Crippen LogP contribution >= 0.6 is 0 Å². The van der Waals surface area contributed by atoms with Crippen LogP contribution in [0.1, 0.15) is 17.2 Å². The topological polar surface area (TPSA) is 92.6 Å². The summed E-state index contributed by atoms with van der Waals surface area (Å²) in [6, 6.07) is 14.1.